The Kier molecular flexibility index (Phi) is 5.70. The van der Waals surface area contributed by atoms with Crippen LogP contribution in [0.25, 0.3) is 0 Å². The summed E-state index contributed by atoms with van der Waals surface area (Å²) in [5.41, 5.74) is 5.22. The van der Waals surface area contributed by atoms with Gasteiger partial charge in [0.25, 0.3) is 15.9 Å². The number of anilines is 4. The van der Waals surface area contributed by atoms with Gasteiger partial charge in [-0.15, -0.1) is 5.10 Å². The molecule has 2 aromatic carbocycles. The Hall–Kier alpha value is -4.39. The summed E-state index contributed by atoms with van der Waals surface area (Å²) >= 11 is 0. The van der Waals surface area contributed by atoms with Crippen LogP contribution in [-0.2, 0) is 10.0 Å². The number of aromatic nitrogens is 4. The van der Waals surface area contributed by atoms with Crippen LogP contribution in [-0.4, -0.2) is 34.1 Å². The fourth-order valence-corrected chi connectivity index (χ4v) is 3.81. The number of benzene rings is 2. The van der Waals surface area contributed by atoms with Crippen molar-refractivity contribution in [3.8, 4) is 0 Å². The Morgan fingerprint density at radius 3 is 2.30 bits per heavy atom. The molecule has 4 rings (SSSR count). The molecule has 2 aromatic heterocycles. The lowest BCUT2D eigenvalue weighted by Gasteiger charge is -2.08. The van der Waals surface area contributed by atoms with Gasteiger partial charge in [0, 0.05) is 11.9 Å². The lowest BCUT2D eigenvalue weighted by molar-refractivity contribution is 0.0939. The van der Waals surface area contributed by atoms with Gasteiger partial charge in [-0.25, -0.2) is 22.2 Å². The van der Waals surface area contributed by atoms with E-state index in [-0.39, 0.29) is 16.7 Å². The van der Waals surface area contributed by atoms with E-state index in [1.54, 1.807) is 12.1 Å². The van der Waals surface area contributed by atoms with Crippen molar-refractivity contribution in [2.24, 2.45) is 0 Å². The molecule has 0 unspecified atom stereocenters. The molecule has 2 heterocycles. The zero-order valence-electron chi connectivity index (χ0n) is 16.6. The second-order valence-electron chi connectivity index (χ2n) is 6.58. The minimum atomic E-state index is -3.87. The molecule has 0 bridgehead atoms. The van der Waals surface area contributed by atoms with Crippen molar-refractivity contribution in [2.45, 2.75) is 4.90 Å². The monoisotopic (exact) mass is 471 g/mol. The van der Waals surface area contributed by atoms with Crippen LogP contribution in [0.2, 0.25) is 0 Å². The second kappa shape index (κ2) is 8.63. The number of sulfonamides is 1. The number of carbonyl (C=O) groups is 1. The number of nitrogens with one attached hydrogen (secondary N) is 2. The number of halogens is 2. The lowest BCUT2D eigenvalue weighted by Crippen LogP contribution is -2.19. The molecule has 0 saturated carbocycles. The number of hydrogen-bond donors (Lipinski definition) is 3. The lowest BCUT2D eigenvalue weighted by atomic mass is 10.2. The molecular weight excluding hydrogens is 456 g/mol. The number of nitrogen functional groups attached to an aromatic ring is 1. The summed E-state index contributed by atoms with van der Waals surface area (Å²) in [6, 6.07) is 13.3. The van der Waals surface area contributed by atoms with Gasteiger partial charge in [0.15, 0.2) is 0 Å². The third-order valence-electron chi connectivity index (χ3n) is 4.33. The molecule has 0 saturated heterocycles. The van der Waals surface area contributed by atoms with Crippen LogP contribution in [0.15, 0.2) is 71.8 Å². The third kappa shape index (κ3) is 4.62. The standard InChI is InChI=1S/C20H15F2N7O3S/c21-14-4-3-5-15(22)17(14)18(30)29-19(23)26-20(27-29)25-12-7-9-13(10-8-12)33(31,32)28-16-6-1-2-11-24-16/h1-11H,(H,24,28)(H3,23,25,26,27). The summed E-state index contributed by atoms with van der Waals surface area (Å²) in [5.74, 6) is -3.64. The molecule has 0 spiro atoms. The first-order valence-electron chi connectivity index (χ1n) is 9.27. The number of rotatable bonds is 6. The summed E-state index contributed by atoms with van der Waals surface area (Å²) in [4.78, 5) is 20.2. The summed E-state index contributed by atoms with van der Waals surface area (Å²) in [6.45, 7) is 0. The molecule has 0 aliphatic carbocycles. The number of pyridine rings is 1. The van der Waals surface area contributed by atoms with Crippen molar-refractivity contribution >= 4 is 39.3 Å². The first-order valence-corrected chi connectivity index (χ1v) is 10.7. The van der Waals surface area contributed by atoms with Crippen LogP contribution in [0.5, 0.6) is 0 Å². The summed E-state index contributed by atoms with van der Waals surface area (Å²) < 4.78 is 55.7. The van der Waals surface area contributed by atoms with E-state index in [1.807, 2.05) is 0 Å². The minimum Gasteiger partial charge on any atom is -0.368 e. The smallest absolute Gasteiger partial charge is 0.287 e. The molecule has 168 valence electrons. The molecule has 0 aliphatic heterocycles. The summed E-state index contributed by atoms with van der Waals surface area (Å²) in [5, 5.41) is 6.58. The van der Waals surface area contributed by atoms with Gasteiger partial charge in [0.2, 0.25) is 11.9 Å². The van der Waals surface area contributed by atoms with Gasteiger partial charge in [0.1, 0.15) is 23.0 Å². The zero-order chi connectivity index (χ0) is 23.6. The Morgan fingerprint density at radius 1 is 0.970 bits per heavy atom. The highest BCUT2D eigenvalue weighted by molar-refractivity contribution is 7.92. The van der Waals surface area contributed by atoms with E-state index in [2.05, 4.69) is 25.1 Å². The summed E-state index contributed by atoms with van der Waals surface area (Å²) in [7, 11) is -3.87. The normalized spacial score (nSPS) is 11.2. The van der Waals surface area contributed by atoms with Gasteiger partial charge >= 0.3 is 0 Å². The second-order valence-corrected chi connectivity index (χ2v) is 8.26. The Labute approximate surface area is 186 Å². The first-order chi connectivity index (χ1) is 15.7. The van der Waals surface area contributed by atoms with Gasteiger partial charge in [-0.05, 0) is 48.5 Å². The fourth-order valence-electron chi connectivity index (χ4n) is 2.80. The molecule has 0 aliphatic rings. The van der Waals surface area contributed by atoms with Crippen LogP contribution in [0.1, 0.15) is 10.4 Å². The van der Waals surface area contributed by atoms with Crippen molar-refractivity contribution in [1.29, 1.82) is 0 Å². The maximum atomic E-state index is 13.9. The molecule has 0 fully saturated rings. The quantitative estimate of drug-likeness (QED) is 0.389. The van der Waals surface area contributed by atoms with Crippen LogP contribution in [0.3, 0.4) is 0 Å². The van der Waals surface area contributed by atoms with Gasteiger partial charge in [-0.1, -0.05) is 12.1 Å². The predicted octanol–water partition coefficient (Wildman–Crippen LogP) is 2.77. The van der Waals surface area contributed by atoms with Crippen LogP contribution in [0.4, 0.5) is 32.2 Å². The third-order valence-corrected chi connectivity index (χ3v) is 5.70. The van der Waals surface area contributed by atoms with Gasteiger partial charge in [0.05, 0.1) is 4.90 Å². The topological polar surface area (TPSA) is 145 Å². The molecule has 13 heteroatoms. The highest BCUT2D eigenvalue weighted by Gasteiger charge is 2.23. The molecule has 4 aromatic rings. The largest absolute Gasteiger partial charge is 0.368 e. The van der Waals surface area contributed by atoms with E-state index in [0.717, 1.165) is 18.2 Å². The van der Waals surface area contributed by atoms with Crippen molar-refractivity contribution in [2.75, 3.05) is 15.8 Å². The molecule has 33 heavy (non-hydrogen) atoms. The van der Waals surface area contributed by atoms with E-state index in [1.165, 1.54) is 36.5 Å². The van der Waals surface area contributed by atoms with E-state index in [4.69, 9.17) is 5.73 Å². The average molecular weight is 471 g/mol. The highest BCUT2D eigenvalue weighted by Crippen LogP contribution is 2.21. The highest BCUT2D eigenvalue weighted by atomic mass is 32.2. The van der Waals surface area contributed by atoms with Gasteiger partial charge in [-0.3, -0.25) is 9.52 Å². The van der Waals surface area contributed by atoms with Crippen molar-refractivity contribution in [3.63, 3.8) is 0 Å². The van der Waals surface area contributed by atoms with Crippen molar-refractivity contribution < 1.29 is 22.0 Å². The van der Waals surface area contributed by atoms with Crippen LogP contribution in [0, 0.1) is 11.6 Å². The Morgan fingerprint density at radius 2 is 1.67 bits per heavy atom. The maximum Gasteiger partial charge on any atom is 0.287 e. The number of hydrogen-bond acceptors (Lipinski definition) is 8. The molecule has 0 atom stereocenters. The molecule has 0 amide bonds. The van der Waals surface area contributed by atoms with Gasteiger partial charge < -0.3 is 11.1 Å². The van der Waals surface area contributed by atoms with E-state index in [0.29, 0.717) is 10.4 Å². The number of nitrogens with two attached hydrogens (primary N) is 1. The first kappa shape index (κ1) is 21.8. The zero-order valence-corrected chi connectivity index (χ0v) is 17.4. The van der Waals surface area contributed by atoms with Crippen molar-refractivity contribution in [3.05, 3.63) is 84.1 Å². The minimum absolute atomic E-state index is 0.0260. The SMILES string of the molecule is Nc1nc(Nc2ccc(S(=O)(=O)Nc3ccccn3)cc2)nn1C(=O)c1c(F)cccc1F. The number of carbonyl (C=O) groups excluding carboxylic acids is 1. The van der Waals surface area contributed by atoms with Gasteiger partial charge in [-0.2, -0.15) is 9.67 Å². The maximum absolute atomic E-state index is 13.9. The Balaban J connectivity index is 1.52. The predicted molar refractivity (Wildman–Crippen MR) is 115 cm³/mol. The fraction of sp³-hybridized carbons (Fsp3) is 0. The van der Waals surface area contributed by atoms with E-state index < -0.39 is 39.1 Å². The molecule has 10 nitrogen and oxygen atoms in total. The van der Waals surface area contributed by atoms with Crippen LogP contribution < -0.4 is 15.8 Å². The molecular formula is C20H15F2N7O3S. The molecule has 4 N–H and O–H groups in total. The Bertz CT molecular complexity index is 1410. The van der Waals surface area contributed by atoms with E-state index in [9.17, 15) is 22.0 Å². The number of nitrogens with zero attached hydrogens (tertiary/aromatic N) is 4. The van der Waals surface area contributed by atoms with E-state index >= 15 is 0 Å². The average Bonchev–Trinajstić information content (AvgIpc) is 3.14. The molecule has 0 radical (unpaired) electrons. The van der Waals surface area contributed by atoms with Crippen LogP contribution >= 0.6 is 0 Å². The van der Waals surface area contributed by atoms with Crippen molar-refractivity contribution in [1.82, 2.24) is 19.7 Å². The summed E-state index contributed by atoms with van der Waals surface area (Å²) in [6.07, 6.45) is 1.45.